The molecule has 2 aromatic heterocycles. The van der Waals surface area contributed by atoms with Crippen LogP contribution < -0.4 is 5.32 Å². The second-order valence-corrected chi connectivity index (χ2v) is 5.60. The van der Waals surface area contributed by atoms with Crippen molar-refractivity contribution in [1.82, 2.24) is 14.6 Å². The van der Waals surface area contributed by atoms with E-state index in [0.717, 1.165) is 12.1 Å². The Hall–Kier alpha value is -2.81. The molecule has 0 saturated carbocycles. The zero-order valence-electron chi connectivity index (χ0n) is 13.1. The molecule has 0 aliphatic rings. The van der Waals surface area contributed by atoms with Crippen molar-refractivity contribution in [3.63, 3.8) is 0 Å². The molecule has 0 bridgehead atoms. The van der Waals surface area contributed by atoms with E-state index in [-0.39, 0.29) is 17.8 Å². The quantitative estimate of drug-likeness (QED) is 0.673. The first-order valence-electron chi connectivity index (χ1n) is 7.43. The summed E-state index contributed by atoms with van der Waals surface area (Å²) in [7, 11) is 0. The van der Waals surface area contributed by atoms with Crippen LogP contribution >= 0.6 is 0 Å². The molecular weight excluding hydrogens is 337 g/mol. The lowest BCUT2D eigenvalue weighted by Crippen LogP contribution is -2.18. The molecule has 3 aromatic rings. The number of aliphatic hydroxyl groups is 1. The molecule has 3 N–H and O–H groups in total. The Morgan fingerprint density at radius 1 is 1.24 bits per heavy atom. The van der Waals surface area contributed by atoms with Gasteiger partial charge in [-0.05, 0) is 37.3 Å². The Morgan fingerprint density at radius 3 is 2.64 bits per heavy atom. The topological polar surface area (TPSA) is 82.7 Å². The molecule has 6 nitrogen and oxygen atoms in total. The van der Waals surface area contributed by atoms with Crippen LogP contribution in [0.5, 0.6) is 5.75 Å². The molecule has 0 radical (unpaired) electrons. The van der Waals surface area contributed by atoms with E-state index in [9.17, 15) is 23.4 Å². The van der Waals surface area contributed by atoms with Crippen LogP contribution in [-0.2, 0) is 6.18 Å². The summed E-state index contributed by atoms with van der Waals surface area (Å²) >= 11 is 0. The Labute approximate surface area is 140 Å². The molecule has 3 rings (SSSR count). The number of nitrogens with zero attached hydrogens (tertiary/aromatic N) is 3. The predicted octanol–water partition coefficient (Wildman–Crippen LogP) is 2.91. The highest BCUT2D eigenvalue weighted by atomic mass is 19.4. The zero-order chi connectivity index (χ0) is 18.2. The highest BCUT2D eigenvalue weighted by molar-refractivity contribution is 5.81. The minimum absolute atomic E-state index is 0.145. The van der Waals surface area contributed by atoms with Crippen molar-refractivity contribution < 1.29 is 23.4 Å². The van der Waals surface area contributed by atoms with Crippen LogP contribution in [0, 0.1) is 0 Å². The van der Waals surface area contributed by atoms with Gasteiger partial charge in [-0.3, -0.25) is 4.40 Å². The molecule has 2 heterocycles. The number of aromatic hydroxyl groups is 1. The molecule has 0 spiro atoms. The maximum absolute atomic E-state index is 12.7. The highest BCUT2D eigenvalue weighted by Gasteiger charge is 2.31. The molecule has 0 fully saturated rings. The summed E-state index contributed by atoms with van der Waals surface area (Å²) in [6.07, 6.45) is -3.44. The van der Waals surface area contributed by atoms with Gasteiger partial charge in [-0.2, -0.15) is 13.2 Å². The second kappa shape index (κ2) is 6.25. The number of alkyl halides is 3. The maximum Gasteiger partial charge on any atom is 0.416 e. The molecule has 0 amide bonds. The van der Waals surface area contributed by atoms with Crippen LogP contribution in [0.1, 0.15) is 12.5 Å². The molecule has 0 saturated heterocycles. The smallest absolute Gasteiger partial charge is 0.416 e. The highest BCUT2D eigenvalue weighted by Crippen LogP contribution is 2.37. The summed E-state index contributed by atoms with van der Waals surface area (Å²) in [5, 5.41) is 30.3. The summed E-state index contributed by atoms with van der Waals surface area (Å²) in [5.74, 6) is -0.159. The first kappa shape index (κ1) is 17.0. The molecule has 0 aliphatic heterocycles. The number of benzene rings is 1. The fourth-order valence-electron chi connectivity index (χ4n) is 2.41. The van der Waals surface area contributed by atoms with Gasteiger partial charge in [-0.1, -0.05) is 0 Å². The minimum Gasteiger partial charge on any atom is -0.507 e. The van der Waals surface area contributed by atoms with E-state index in [1.54, 1.807) is 29.7 Å². The molecule has 132 valence electrons. The average Bonchev–Trinajstić information content (AvgIpc) is 3.01. The van der Waals surface area contributed by atoms with E-state index in [1.807, 2.05) is 0 Å². The van der Waals surface area contributed by atoms with Gasteiger partial charge < -0.3 is 15.5 Å². The van der Waals surface area contributed by atoms with E-state index in [2.05, 4.69) is 15.5 Å². The number of rotatable bonds is 4. The molecule has 25 heavy (non-hydrogen) atoms. The molecule has 1 atom stereocenters. The maximum atomic E-state index is 12.7. The third-order valence-corrected chi connectivity index (χ3v) is 3.60. The van der Waals surface area contributed by atoms with Crippen LogP contribution in [0.4, 0.5) is 19.1 Å². The fourth-order valence-corrected chi connectivity index (χ4v) is 2.41. The van der Waals surface area contributed by atoms with Gasteiger partial charge in [-0.25, -0.2) is 0 Å². The number of hydrogen-bond donors (Lipinski definition) is 3. The first-order chi connectivity index (χ1) is 11.8. The van der Waals surface area contributed by atoms with Crippen LogP contribution in [0.15, 0.2) is 36.5 Å². The number of aromatic nitrogens is 3. The van der Waals surface area contributed by atoms with Gasteiger partial charge in [0.2, 0.25) is 5.95 Å². The van der Waals surface area contributed by atoms with Gasteiger partial charge in [0.1, 0.15) is 11.4 Å². The van der Waals surface area contributed by atoms with Gasteiger partial charge in [0, 0.05) is 18.3 Å². The predicted molar refractivity (Wildman–Crippen MR) is 85.3 cm³/mol. The van der Waals surface area contributed by atoms with E-state index < -0.39 is 23.6 Å². The number of halogens is 3. The van der Waals surface area contributed by atoms with Crippen molar-refractivity contribution in [2.45, 2.75) is 19.2 Å². The summed E-state index contributed by atoms with van der Waals surface area (Å²) in [6, 6.07) is 6.13. The molecule has 0 aliphatic carbocycles. The average molecular weight is 352 g/mol. The van der Waals surface area contributed by atoms with Crippen molar-refractivity contribution >= 4 is 11.5 Å². The van der Waals surface area contributed by atoms with Gasteiger partial charge in [-0.15, -0.1) is 10.2 Å². The van der Waals surface area contributed by atoms with Crippen LogP contribution in [0.25, 0.3) is 16.8 Å². The third-order valence-electron chi connectivity index (χ3n) is 3.60. The number of hydrogen-bond acceptors (Lipinski definition) is 5. The number of nitrogens with one attached hydrogen (secondary N) is 1. The van der Waals surface area contributed by atoms with Crippen LogP contribution in [0.3, 0.4) is 0 Å². The second-order valence-electron chi connectivity index (χ2n) is 5.60. The van der Waals surface area contributed by atoms with Crippen LogP contribution in [0.2, 0.25) is 0 Å². The van der Waals surface area contributed by atoms with Crippen molar-refractivity contribution in [3.8, 4) is 17.0 Å². The number of phenols is 1. The van der Waals surface area contributed by atoms with E-state index in [0.29, 0.717) is 17.5 Å². The lowest BCUT2D eigenvalue weighted by molar-refractivity contribution is -0.137. The number of aliphatic hydroxyl groups excluding tert-OH is 1. The summed E-state index contributed by atoms with van der Waals surface area (Å²) < 4.78 is 39.8. The molecule has 1 unspecified atom stereocenters. The summed E-state index contributed by atoms with van der Waals surface area (Å²) in [5.41, 5.74) is 0.00609. The monoisotopic (exact) mass is 352 g/mol. The number of fused-ring (bicyclic) bond motifs is 1. The van der Waals surface area contributed by atoms with Crippen molar-refractivity contribution in [3.05, 3.63) is 42.1 Å². The lowest BCUT2D eigenvalue weighted by Gasteiger charge is -2.13. The molecular formula is C16H15F3N4O2. The van der Waals surface area contributed by atoms with Crippen LogP contribution in [-0.4, -0.2) is 37.5 Å². The van der Waals surface area contributed by atoms with Gasteiger partial charge >= 0.3 is 6.18 Å². The normalized spacial score (nSPS) is 13.2. The minimum atomic E-state index is -4.54. The SMILES string of the molecule is CC(O)CNc1nnc(-c2ccc(C(F)(F)F)cc2O)c2cccn12. The lowest BCUT2D eigenvalue weighted by atomic mass is 10.1. The van der Waals surface area contributed by atoms with Gasteiger partial charge in [0.25, 0.3) is 0 Å². The van der Waals surface area contributed by atoms with Crippen molar-refractivity contribution in [1.29, 1.82) is 0 Å². The Kier molecular flexibility index (Phi) is 4.25. The van der Waals surface area contributed by atoms with Crippen molar-refractivity contribution in [2.24, 2.45) is 0 Å². The first-order valence-corrected chi connectivity index (χ1v) is 7.43. The standard InChI is InChI=1S/C16H15F3N4O2/c1-9(24)8-20-15-22-21-14(12-3-2-6-23(12)15)11-5-4-10(7-13(11)25)16(17,18)19/h2-7,9,24-25H,8H2,1H3,(H,20,22). The van der Waals surface area contributed by atoms with Gasteiger partial charge in [0.15, 0.2) is 0 Å². The van der Waals surface area contributed by atoms with Gasteiger partial charge in [0.05, 0.1) is 17.2 Å². The largest absolute Gasteiger partial charge is 0.507 e. The summed E-state index contributed by atoms with van der Waals surface area (Å²) in [4.78, 5) is 0. The molecule has 9 heteroatoms. The molecule has 1 aromatic carbocycles. The third kappa shape index (κ3) is 3.36. The Bertz CT molecular complexity index is 906. The van der Waals surface area contributed by atoms with E-state index >= 15 is 0 Å². The zero-order valence-corrected chi connectivity index (χ0v) is 13.1. The van der Waals surface area contributed by atoms with E-state index in [4.69, 9.17) is 0 Å². The number of anilines is 1. The van der Waals surface area contributed by atoms with Crippen molar-refractivity contribution in [2.75, 3.05) is 11.9 Å². The Morgan fingerprint density at radius 2 is 2.00 bits per heavy atom. The number of phenolic OH excluding ortho intramolecular Hbond substituents is 1. The Balaban J connectivity index is 2.05. The summed E-state index contributed by atoms with van der Waals surface area (Å²) in [6.45, 7) is 1.87. The van der Waals surface area contributed by atoms with E-state index in [1.165, 1.54) is 0 Å². The fraction of sp³-hybridized carbons (Fsp3) is 0.250.